The average molecular weight is 338 g/mol. The van der Waals surface area contributed by atoms with Gasteiger partial charge in [0, 0.05) is 19.2 Å². The van der Waals surface area contributed by atoms with Crippen molar-refractivity contribution in [3.05, 3.63) is 35.9 Å². The molecule has 0 amide bonds. The highest BCUT2D eigenvalue weighted by Gasteiger charge is 2.28. The van der Waals surface area contributed by atoms with Gasteiger partial charge < -0.3 is 4.74 Å². The van der Waals surface area contributed by atoms with E-state index in [2.05, 4.69) is 9.62 Å². The molecule has 1 atom stereocenters. The van der Waals surface area contributed by atoms with Gasteiger partial charge in [0.25, 0.3) is 0 Å². The number of nitrogens with zero attached hydrogens (tertiary/aromatic N) is 1. The molecule has 5 nitrogen and oxygen atoms in total. The van der Waals surface area contributed by atoms with Gasteiger partial charge in [0.05, 0.1) is 12.4 Å². The van der Waals surface area contributed by atoms with Gasteiger partial charge in [-0.25, -0.2) is 13.1 Å². The van der Waals surface area contributed by atoms with Crippen LogP contribution >= 0.6 is 0 Å². The molecule has 0 aromatic heterocycles. The summed E-state index contributed by atoms with van der Waals surface area (Å²) >= 11 is 0. The van der Waals surface area contributed by atoms with Gasteiger partial charge in [0.2, 0.25) is 10.0 Å². The van der Waals surface area contributed by atoms with Gasteiger partial charge in [-0.1, -0.05) is 30.3 Å². The number of likely N-dealkylation sites (tertiary alicyclic amines) is 1. The van der Waals surface area contributed by atoms with Crippen LogP contribution in [-0.2, 0) is 20.5 Å². The van der Waals surface area contributed by atoms with Crippen molar-refractivity contribution in [1.82, 2.24) is 9.62 Å². The van der Waals surface area contributed by atoms with Crippen LogP contribution in [0.4, 0.5) is 0 Å². The highest BCUT2D eigenvalue weighted by Crippen LogP contribution is 2.22. The molecule has 2 fully saturated rings. The molecular weight excluding hydrogens is 312 g/mol. The molecule has 2 heterocycles. The van der Waals surface area contributed by atoms with E-state index in [4.69, 9.17) is 4.74 Å². The normalized spacial score (nSPS) is 24.1. The SMILES string of the molecule is O=S(=O)(Cc1ccccc1)NCC1CCN([C@H]2CCOC2)CC1. The van der Waals surface area contributed by atoms with E-state index in [1.54, 1.807) is 0 Å². The predicted molar refractivity (Wildman–Crippen MR) is 90.6 cm³/mol. The fourth-order valence-corrected chi connectivity index (χ4v) is 4.64. The third-order valence-electron chi connectivity index (χ3n) is 4.86. The van der Waals surface area contributed by atoms with Gasteiger partial charge >= 0.3 is 0 Å². The molecule has 1 aromatic carbocycles. The Morgan fingerprint density at radius 2 is 1.87 bits per heavy atom. The number of hydrogen-bond acceptors (Lipinski definition) is 4. The van der Waals surface area contributed by atoms with Crippen molar-refractivity contribution in [1.29, 1.82) is 0 Å². The molecule has 1 N–H and O–H groups in total. The van der Waals surface area contributed by atoms with Crippen LogP contribution in [0.2, 0.25) is 0 Å². The number of benzene rings is 1. The van der Waals surface area contributed by atoms with Crippen LogP contribution < -0.4 is 4.72 Å². The Balaban J connectivity index is 1.42. The molecular formula is C17H26N2O3S. The smallest absolute Gasteiger partial charge is 0.215 e. The lowest BCUT2D eigenvalue weighted by Gasteiger charge is -2.35. The maximum atomic E-state index is 12.2. The first kappa shape index (κ1) is 16.9. The molecule has 2 aliphatic heterocycles. The summed E-state index contributed by atoms with van der Waals surface area (Å²) in [6, 6.07) is 9.90. The molecule has 0 unspecified atom stereocenters. The Bertz CT molecular complexity index is 577. The van der Waals surface area contributed by atoms with Crippen LogP contribution in [-0.4, -0.2) is 52.2 Å². The standard InChI is InChI=1S/C17H26N2O3S/c20-23(21,14-16-4-2-1-3-5-16)18-12-15-6-9-19(10-7-15)17-8-11-22-13-17/h1-5,15,17-18H,6-14H2/t17-/m0/s1. The van der Waals surface area contributed by atoms with Crippen LogP contribution in [0.3, 0.4) is 0 Å². The number of ether oxygens (including phenoxy) is 1. The summed E-state index contributed by atoms with van der Waals surface area (Å²) < 4.78 is 32.6. The number of sulfonamides is 1. The second-order valence-corrected chi connectivity index (χ2v) is 8.40. The lowest BCUT2D eigenvalue weighted by atomic mass is 9.96. The first-order valence-corrected chi connectivity index (χ1v) is 10.1. The predicted octanol–water partition coefficient (Wildman–Crippen LogP) is 1.61. The molecule has 2 aliphatic rings. The Labute approximate surface area is 139 Å². The van der Waals surface area contributed by atoms with Crippen LogP contribution in [0.15, 0.2) is 30.3 Å². The summed E-state index contributed by atoms with van der Waals surface area (Å²) in [4.78, 5) is 2.50. The van der Waals surface area contributed by atoms with Crippen molar-refractivity contribution in [2.45, 2.75) is 31.1 Å². The van der Waals surface area contributed by atoms with E-state index in [0.29, 0.717) is 18.5 Å². The molecule has 0 aliphatic carbocycles. The summed E-state index contributed by atoms with van der Waals surface area (Å²) in [6.07, 6.45) is 3.25. The van der Waals surface area contributed by atoms with Crippen LogP contribution in [0.5, 0.6) is 0 Å². The highest BCUT2D eigenvalue weighted by molar-refractivity contribution is 7.88. The second-order valence-electron chi connectivity index (χ2n) is 6.59. The van der Waals surface area contributed by atoms with Crippen LogP contribution in [0, 0.1) is 5.92 Å². The van der Waals surface area contributed by atoms with Crippen molar-refractivity contribution in [3.63, 3.8) is 0 Å². The van der Waals surface area contributed by atoms with E-state index in [-0.39, 0.29) is 5.75 Å². The molecule has 128 valence electrons. The van der Waals surface area contributed by atoms with Crippen molar-refractivity contribution in [2.24, 2.45) is 5.92 Å². The molecule has 3 rings (SSSR count). The van der Waals surface area contributed by atoms with Gasteiger partial charge in [-0.2, -0.15) is 0 Å². The molecule has 0 bridgehead atoms. The van der Waals surface area contributed by atoms with Crippen molar-refractivity contribution >= 4 is 10.0 Å². The minimum Gasteiger partial charge on any atom is -0.380 e. The number of hydrogen-bond donors (Lipinski definition) is 1. The van der Waals surface area contributed by atoms with E-state index >= 15 is 0 Å². The topological polar surface area (TPSA) is 58.6 Å². The first-order valence-electron chi connectivity index (χ1n) is 8.45. The van der Waals surface area contributed by atoms with Gasteiger partial charge in [-0.3, -0.25) is 4.90 Å². The molecule has 23 heavy (non-hydrogen) atoms. The van der Waals surface area contributed by atoms with Gasteiger partial charge in [0.15, 0.2) is 0 Å². The third kappa shape index (κ3) is 5.01. The second kappa shape index (κ2) is 7.75. The number of rotatable bonds is 6. The van der Waals surface area contributed by atoms with E-state index in [9.17, 15) is 8.42 Å². The molecule has 2 saturated heterocycles. The quantitative estimate of drug-likeness (QED) is 0.856. The first-order chi connectivity index (χ1) is 11.1. The zero-order valence-electron chi connectivity index (χ0n) is 13.5. The van der Waals surface area contributed by atoms with Crippen molar-refractivity contribution in [3.8, 4) is 0 Å². The number of nitrogens with one attached hydrogen (secondary N) is 1. The van der Waals surface area contributed by atoms with Crippen molar-refractivity contribution < 1.29 is 13.2 Å². The zero-order chi connectivity index (χ0) is 16.1. The minimum atomic E-state index is -3.25. The number of piperidine rings is 1. The summed E-state index contributed by atoms with van der Waals surface area (Å²) in [5.41, 5.74) is 0.830. The largest absolute Gasteiger partial charge is 0.380 e. The Morgan fingerprint density at radius 1 is 1.13 bits per heavy atom. The maximum absolute atomic E-state index is 12.2. The summed E-state index contributed by atoms with van der Waals surface area (Å²) in [6.45, 7) is 4.40. The van der Waals surface area contributed by atoms with E-state index in [1.165, 1.54) is 0 Å². The summed E-state index contributed by atoms with van der Waals surface area (Å²) in [5.74, 6) is 0.505. The summed E-state index contributed by atoms with van der Waals surface area (Å²) in [7, 11) is -3.25. The fraction of sp³-hybridized carbons (Fsp3) is 0.647. The molecule has 0 spiro atoms. The fourth-order valence-electron chi connectivity index (χ4n) is 3.42. The zero-order valence-corrected chi connectivity index (χ0v) is 14.3. The van der Waals surface area contributed by atoms with Gasteiger partial charge in [-0.15, -0.1) is 0 Å². The average Bonchev–Trinajstić information content (AvgIpc) is 3.09. The lowest BCUT2D eigenvalue weighted by Crippen LogP contribution is -2.44. The van der Waals surface area contributed by atoms with E-state index in [1.807, 2.05) is 30.3 Å². The van der Waals surface area contributed by atoms with E-state index in [0.717, 1.165) is 51.1 Å². The molecule has 0 saturated carbocycles. The van der Waals surface area contributed by atoms with Gasteiger partial charge in [0.1, 0.15) is 0 Å². The van der Waals surface area contributed by atoms with Crippen LogP contribution in [0.1, 0.15) is 24.8 Å². The summed E-state index contributed by atoms with van der Waals surface area (Å²) in [5, 5.41) is 0. The van der Waals surface area contributed by atoms with Crippen molar-refractivity contribution in [2.75, 3.05) is 32.8 Å². The Hall–Kier alpha value is -0.950. The van der Waals surface area contributed by atoms with E-state index < -0.39 is 10.0 Å². The monoisotopic (exact) mass is 338 g/mol. The van der Waals surface area contributed by atoms with Crippen LogP contribution in [0.25, 0.3) is 0 Å². The maximum Gasteiger partial charge on any atom is 0.215 e. The molecule has 1 aromatic rings. The molecule has 6 heteroatoms. The molecule has 0 radical (unpaired) electrons. The Kier molecular flexibility index (Phi) is 5.69. The highest BCUT2D eigenvalue weighted by atomic mass is 32.2. The minimum absolute atomic E-state index is 0.0616. The Morgan fingerprint density at radius 3 is 2.52 bits per heavy atom. The van der Waals surface area contributed by atoms with Gasteiger partial charge in [-0.05, 0) is 43.8 Å². The third-order valence-corrected chi connectivity index (χ3v) is 6.18. The lowest BCUT2D eigenvalue weighted by molar-refractivity contribution is 0.111.